The van der Waals surface area contributed by atoms with Crippen molar-refractivity contribution in [1.82, 2.24) is 4.98 Å². The second-order valence-electron chi connectivity index (χ2n) is 3.66. The number of aryl methyl sites for hydroxylation is 1. The molecular formula is C13H11BrN2O. The Labute approximate surface area is 108 Å². The Kier molecular flexibility index (Phi) is 3.54. The summed E-state index contributed by atoms with van der Waals surface area (Å²) < 4.78 is 0.787. The summed E-state index contributed by atoms with van der Waals surface area (Å²) in [6, 6.07) is 9.39. The van der Waals surface area contributed by atoms with Gasteiger partial charge in [-0.3, -0.25) is 9.78 Å². The van der Waals surface area contributed by atoms with Crippen molar-refractivity contribution in [3.8, 4) is 0 Å². The molecule has 1 amide bonds. The molecule has 0 unspecified atom stereocenters. The number of carbonyl (C=O) groups excluding carboxylic acids is 1. The van der Waals surface area contributed by atoms with Gasteiger partial charge in [0, 0.05) is 22.6 Å². The number of pyridine rings is 1. The highest BCUT2D eigenvalue weighted by atomic mass is 79.9. The summed E-state index contributed by atoms with van der Waals surface area (Å²) in [6.45, 7) is 1.95. The van der Waals surface area contributed by atoms with Gasteiger partial charge in [0.05, 0.1) is 5.56 Å². The summed E-state index contributed by atoms with van der Waals surface area (Å²) in [6.07, 6.45) is 3.18. The predicted octanol–water partition coefficient (Wildman–Crippen LogP) is 3.40. The van der Waals surface area contributed by atoms with Crippen LogP contribution in [0.2, 0.25) is 0 Å². The number of hydrogen-bond acceptors (Lipinski definition) is 2. The Morgan fingerprint density at radius 3 is 2.76 bits per heavy atom. The second kappa shape index (κ2) is 5.10. The molecule has 2 aromatic rings. The van der Waals surface area contributed by atoms with Crippen molar-refractivity contribution >= 4 is 27.5 Å². The Morgan fingerprint density at radius 1 is 1.29 bits per heavy atom. The standard InChI is InChI=1S/C13H11BrN2O/c1-9-4-2-3-5-12(9)16-13(17)10-6-11(14)8-15-7-10/h2-8H,1H3,(H,16,17). The van der Waals surface area contributed by atoms with Crippen molar-refractivity contribution < 1.29 is 4.79 Å². The molecule has 0 saturated carbocycles. The molecular weight excluding hydrogens is 280 g/mol. The van der Waals surface area contributed by atoms with E-state index in [-0.39, 0.29) is 5.91 Å². The van der Waals surface area contributed by atoms with Crippen LogP contribution in [0.5, 0.6) is 0 Å². The van der Waals surface area contributed by atoms with Gasteiger partial charge in [0.1, 0.15) is 0 Å². The first-order valence-electron chi connectivity index (χ1n) is 5.14. The van der Waals surface area contributed by atoms with E-state index in [1.807, 2.05) is 31.2 Å². The summed E-state index contributed by atoms with van der Waals surface area (Å²) >= 11 is 3.29. The van der Waals surface area contributed by atoms with Crippen molar-refractivity contribution in [3.63, 3.8) is 0 Å². The van der Waals surface area contributed by atoms with Crippen LogP contribution in [0, 0.1) is 6.92 Å². The second-order valence-corrected chi connectivity index (χ2v) is 4.58. The van der Waals surface area contributed by atoms with Crippen LogP contribution >= 0.6 is 15.9 Å². The fourth-order valence-electron chi connectivity index (χ4n) is 1.44. The molecule has 1 aromatic heterocycles. The molecule has 4 heteroatoms. The van der Waals surface area contributed by atoms with Gasteiger partial charge in [-0.15, -0.1) is 0 Å². The molecule has 1 N–H and O–H groups in total. The molecule has 3 nitrogen and oxygen atoms in total. The van der Waals surface area contributed by atoms with Crippen LogP contribution in [0.15, 0.2) is 47.2 Å². The summed E-state index contributed by atoms with van der Waals surface area (Å²) in [5.74, 6) is -0.159. The molecule has 0 atom stereocenters. The molecule has 0 fully saturated rings. The lowest BCUT2D eigenvalue weighted by molar-refractivity contribution is 0.102. The van der Waals surface area contributed by atoms with Crippen LogP contribution in [0.25, 0.3) is 0 Å². The summed E-state index contributed by atoms with van der Waals surface area (Å²) in [4.78, 5) is 15.9. The maximum absolute atomic E-state index is 11.9. The van der Waals surface area contributed by atoms with Crippen LogP contribution in [0.3, 0.4) is 0 Å². The molecule has 0 aliphatic heterocycles. The normalized spacial score (nSPS) is 10.0. The number of rotatable bonds is 2. The van der Waals surface area contributed by atoms with Crippen LogP contribution in [-0.4, -0.2) is 10.9 Å². The zero-order valence-corrected chi connectivity index (χ0v) is 10.9. The molecule has 0 spiro atoms. The first kappa shape index (κ1) is 11.8. The number of aromatic nitrogens is 1. The molecule has 0 saturated heterocycles. The van der Waals surface area contributed by atoms with Crippen molar-refractivity contribution in [3.05, 3.63) is 58.3 Å². The monoisotopic (exact) mass is 290 g/mol. The van der Waals surface area contributed by atoms with E-state index in [0.717, 1.165) is 15.7 Å². The molecule has 86 valence electrons. The predicted molar refractivity (Wildman–Crippen MR) is 71.1 cm³/mol. The Bertz CT molecular complexity index is 555. The van der Waals surface area contributed by atoms with Crippen LogP contribution in [-0.2, 0) is 0 Å². The topological polar surface area (TPSA) is 42.0 Å². The minimum Gasteiger partial charge on any atom is -0.322 e. The third kappa shape index (κ3) is 2.91. The fraction of sp³-hybridized carbons (Fsp3) is 0.0769. The number of carbonyl (C=O) groups is 1. The third-order valence-corrected chi connectivity index (χ3v) is 2.79. The quantitative estimate of drug-likeness (QED) is 0.921. The van der Waals surface area contributed by atoms with E-state index >= 15 is 0 Å². The average Bonchev–Trinajstić information content (AvgIpc) is 2.32. The number of nitrogens with one attached hydrogen (secondary N) is 1. The van der Waals surface area contributed by atoms with Crippen LogP contribution in [0.4, 0.5) is 5.69 Å². The highest BCUT2D eigenvalue weighted by Crippen LogP contribution is 2.15. The molecule has 1 aromatic carbocycles. The molecule has 0 aliphatic carbocycles. The summed E-state index contributed by atoms with van der Waals surface area (Å²) in [5.41, 5.74) is 2.38. The smallest absolute Gasteiger partial charge is 0.257 e. The lowest BCUT2D eigenvalue weighted by Gasteiger charge is -2.07. The maximum atomic E-state index is 11.9. The number of para-hydroxylation sites is 1. The Morgan fingerprint density at radius 2 is 2.06 bits per heavy atom. The number of benzene rings is 1. The minimum atomic E-state index is -0.159. The molecule has 0 aliphatic rings. The first-order chi connectivity index (χ1) is 8.16. The zero-order chi connectivity index (χ0) is 12.3. The van der Waals surface area contributed by atoms with Gasteiger partial charge in [-0.25, -0.2) is 0 Å². The third-order valence-electron chi connectivity index (χ3n) is 2.36. The van der Waals surface area contributed by atoms with Gasteiger partial charge in [0.15, 0.2) is 0 Å². The van der Waals surface area contributed by atoms with Gasteiger partial charge in [0.25, 0.3) is 5.91 Å². The molecule has 1 heterocycles. The van der Waals surface area contributed by atoms with Gasteiger partial charge in [0.2, 0.25) is 0 Å². The van der Waals surface area contributed by atoms with Crippen molar-refractivity contribution in [2.45, 2.75) is 6.92 Å². The van der Waals surface area contributed by atoms with E-state index in [0.29, 0.717) is 5.56 Å². The molecule has 0 radical (unpaired) electrons. The van der Waals surface area contributed by atoms with E-state index in [4.69, 9.17) is 0 Å². The molecule has 0 bridgehead atoms. The van der Waals surface area contributed by atoms with Crippen molar-refractivity contribution in [1.29, 1.82) is 0 Å². The highest BCUT2D eigenvalue weighted by Gasteiger charge is 2.07. The lowest BCUT2D eigenvalue weighted by atomic mass is 10.2. The number of anilines is 1. The van der Waals surface area contributed by atoms with Crippen molar-refractivity contribution in [2.75, 3.05) is 5.32 Å². The maximum Gasteiger partial charge on any atom is 0.257 e. The van der Waals surface area contributed by atoms with Crippen molar-refractivity contribution in [2.24, 2.45) is 0 Å². The van der Waals surface area contributed by atoms with E-state index in [9.17, 15) is 4.79 Å². The summed E-state index contributed by atoms with van der Waals surface area (Å²) in [7, 11) is 0. The summed E-state index contributed by atoms with van der Waals surface area (Å²) in [5, 5.41) is 2.85. The Hall–Kier alpha value is -1.68. The fourth-order valence-corrected chi connectivity index (χ4v) is 1.81. The highest BCUT2D eigenvalue weighted by molar-refractivity contribution is 9.10. The largest absolute Gasteiger partial charge is 0.322 e. The van der Waals surface area contributed by atoms with Gasteiger partial charge < -0.3 is 5.32 Å². The number of amides is 1. The first-order valence-corrected chi connectivity index (χ1v) is 5.93. The van der Waals surface area contributed by atoms with Gasteiger partial charge in [-0.05, 0) is 40.5 Å². The van der Waals surface area contributed by atoms with E-state index in [2.05, 4.69) is 26.2 Å². The van der Waals surface area contributed by atoms with E-state index < -0.39 is 0 Å². The van der Waals surface area contributed by atoms with Gasteiger partial charge in [-0.2, -0.15) is 0 Å². The van der Waals surface area contributed by atoms with Gasteiger partial charge in [-0.1, -0.05) is 18.2 Å². The lowest BCUT2D eigenvalue weighted by Crippen LogP contribution is -2.12. The van der Waals surface area contributed by atoms with E-state index in [1.54, 1.807) is 18.5 Å². The number of halogens is 1. The zero-order valence-electron chi connectivity index (χ0n) is 9.27. The SMILES string of the molecule is Cc1ccccc1NC(=O)c1cncc(Br)c1. The van der Waals surface area contributed by atoms with Gasteiger partial charge >= 0.3 is 0 Å². The molecule has 2 rings (SSSR count). The minimum absolute atomic E-state index is 0.159. The van der Waals surface area contributed by atoms with Crippen LogP contribution in [0.1, 0.15) is 15.9 Å². The van der Waals surface area contributed by atoms with Crippen LogP contribution < -0.4 is 5.32 Å². The average molecular weight is 291 g/mol. The van der Waals surface area contributed by atoms with E-state index in [1.165, 1.54) is 0 Å². The number of hydrogen-bond donors (Lipinski definition) is 1. The number of nitrogens with zero attached hydrogens (tertiary/aromatic N) is 1. The molecule has 17 heavy (non-hydrogen) atoms. The Balaban J connectivity index is 2.20.